The lowest BCUT2D eigenvalue weighted by atomic mass is 9.99. The Morgan fingerprint density at radius 3 is 2.76 bits per heavy atom. The number of carboxylic acids is 1. The van der Waals surface area contributed by atoms with E-state index in [9.17, 15) is 14.4 Å². The molecule has 112 valence electrons. The van der Waals surface area contributed by atoms with Crippen LogP contribution in [0.3, 0.4) is 0 Å². The fraction of sp³-hybridized carbons (Fsp3) is 0.400. The average Bonchev–Trinajstić information content (AvgIpc) is 2.47. The third kappa shape index (κ3) is 3.39. The van der Waals surface area contributed by atoms with Crippen LogP contribution in [0.15, 0.2) is 24.3 Å². The topological polar surface area (TPSA) is 86.7 Å². The predicted molar refractivity (Wildman–Crippen MR) is 75.9 cm³/mol. The number of fused-ring (bicyclic) bond motifs is 1. The summed E-state index contributed by atoms with van der Waals surface area (Å²) in [6.45, 7) is 2.03. The Kier molecular flexibility index (Phi) is 4.57. The third-order valence-corrected chi connectivity index (χ3v) is 3.56. The first-order valence-electron chi connectivity index (χ1n) is 6.92. The minimum Gasteiger partial charge on any atom is -0.480 e. The quantitative estimate of drug-likeness (QED) is 0.834. The molecule has 21 heavy (non-hydrogen) atoms. The molecular formula is C15H18N2O4. The Balaban J connectivity index is 2.00. The standard InChI is InChI=1S/C15H18N2O4/c1-2-12(15(20)21)16-13(18)9-17-8-7-10-5-3-4-6-11(10)14(17)19/h3-6,12H,2,7-9H2,1H3,(H,16,18)(H,20,21). The van der Waals surface area contributed by atoms with Crippen molar-refractivity contribution in [2.45, 2.75) is 25.8 Å². The van der Waals surface area contributed by atoms with Gasteiger partial charge in [-0.05, 0) is 24.5 Å². The van der Waals surface area contributed by atoms with Crippen molar-refractivity contribution in [3.8, 4) is 0 Å². The first-order valence-corrected chi connectivity index (χ1v) is 6.92. The Bertz CT molecular complexity index is 571. The maximum absolute atomic E-state index is 12.3. The minimum absolute atomic E-state index is 0.114. The summed E-state index contributed by atoms with van der Waals surface area (Å²) in [4.78, 5) is 36.5. The molecule has 1 aromatic rings. The second-order valence-electron chi connectivity index (χ2n) is 5.00. The number of benzene rings is 1. The molecular weight excluding hydrogens is 272 g/mol. The number of carboxylic acid groups (broad SMARTS) is 1. The normalized spacial score (nSPS) is 15.3. The van der Waals surface area contributed by atoms with E-state index in [0.717, 1.165) is 5.56 Å². The lowest BCUT2D eigenvalue weighted by molar-refractivity contribution is -0.141. The summed E-state index contributed by atoms with van der Waals surface area (Å²) in [7, 11) is 0. The van der Waals surface area contributed by atoms with Crippen LogP contribution in [0.25, 0.3) is 0 Å². The minimum atomic E-state index is -1.07. The summed E-state index contributed by atoms with van der Waals surface area (Å²) in [5.41, 5.74) is 1.60. The highest BCUT2D eigenvalue weighted by atomic mass is 16.4. The molecule has 1 heterocycles. The SMILES string of the molecule is CCC(NC(=O)CN1CCc2ccccc2C1=O)C(=O)O. The number of carbonyl (C=O) groups excluding carboxylic acids is 2. The van der Waals surface area contributed by atoms with Gasteiger partial charge in [0.1, 0.15) is 6.04 Å². The van der Waals surface area contributed by atoms with Crippen molar-refractivity contribution in [1.82, 2.24) is 10.2 Å². The molecule has 0 saturated heterocycles. The number of nitrogens with one attached hydrogen (secondary N) is 1. The fourth-order valence-corrected chi connectivity index (χ4v) is 2.38. The van der Waals surface area contributed by atoms with Crippen molar-refractivity contribution in [2.24, 2.45) is 0 Å². The molecule has 1 aromatic carbocycles. The van der Waals surface area contributed by atoms with E-state index < -0.39 is 17.9 Å². The van der Waals surface area contributed by atoms with Crippen LogP contribution in [0.1, 0.15) is 29.3 Å². The number of aliphatic carboxylic acids is 1. The van der Waals surface area contributed by atoms with Crippen LogP contribution in [-0.2, 0) is 16.0 Å². The maximum Gasteiger partial charge on any atom is 0.326 e. The second kappa shape index (κ2) is 6.39. The first kappa shape index (κ1) is 15.0. The van der Waals surface area contributed by atoms with E-state index in [2.05, 4.69) is 5.32 Å². The molecule has 0 radical (unpaired) electrons. The Morgan fingerprint density at radius 2 is 2.10 bits per heavy atom. The lowest BCUT2D eigenvalue weighted by Gasteiger charge is -2.28. The zero-order valence-electron chi connectivity index (χ0n) is 11.8. The van der Waals surface area contributed by atoms with Crippen LogP contribution in [0, 0.1) is 0 Å². The molecule has 1 aliphatic rings. The summed E-state index contributed by atoms with van der Waals surface area (Å²) in [6.07, 6.45) is 1.00. The smallest absolute Gasteiger partial charge is 0.326 e. The van der Waals surface area contributed by atoms with Crippen LogP contribution in [-0.4, -0.2) is 46.9 Å². The van der Waals surface area contributed by atoms with E-state index in [-0.39, 0.29) is 12.5 Å². The van der Waals surface area contributed by atoms with Gasteiger partial charge < -0.3 is 15.3 Å². The predicted octanol–water partition coefficient (Wildman–Crippen LogP) is 0.664. The van der Waals surface area contributed by atoms with Gasteiger partial charge in [0, 0.05) is 12.1 Å². The van der Waals surface area contributed by atoms with Gasteiger partial charge in [-0.15, -0.1) is 0 Å². The van der Waals surface area contributed by atoms with Gasteiger partial charge in [0.25, 0.3) is 5.91 Å². The first-order chi connectivity index (χ1) is 10.0. The van der Waals surface area contributed by atoms with Crippen molar-refractivity contribution in [3.05, 3.63) is 35.4 Å². The fourth-order valence-electron chi connectivity index (χ4n) is 2.38. The van der Waals surface area contributed by atoms with Crippen LogP contribution in [0.2, 0.25) is 0 Å². The van der Waals surface area contributed by atoms with E-state index >= 15 is 0 Å². The van der Waals surface area contributed by atoms with Gasteiger partial charge in [-0.25, -0.2) is 4.79 Å². The Hall–Kier alpha value is -2.37. The molecule has 0 aliphatic carbocycles. The third-order valence-electron chi connectivity index (χ3n) is 3.56. The van der Waals surface area contributed by atoms with Crippen molar-refractivity contribution < 1.29 is 19.5 Å². The van der Waals surface area contributed by atoms with E-state index in [0.29, 0.717) is 24.9 Å². The van der Waals surface area contributed by atoms with E-state index in [4.69, 9.17) is 5.11 Å². The molecule has 2 amide bonds. The van der Waals surface area contributed by atoms with Gasteiger partial charge >= 0.3 is 5.97 Å². The summed E-state index contributed by atoms with van der Waals surface area (Å²) < 4.78 is 0. The molecule has 1 atom stereocenters. The van der Waals surface area contributed by atoms with Crippen LogP contribution >= 0.6 is 0 Å². The number of nitrogens with zero attached hydrogens (tertiary/aromatic N) is 1. The average molecular weight is 290 g/mol. The number of rotatable bonds is 5. The molecule has 0 fully saturated rings. The van der Waals surface area contributed by atoms with Crippen LogP contribution in [0.4, 0.5) is 0 Å². The molecule has 0 aromatic heterocycles. The monoisotopic (exact) mass is 290 g/mol. The molecule has 6 heteroatoms. The van der Waals surface area contributed by atoms with Crippen LogP contribution in [0.5, 0.6) is 0 Å². The second-order valence-corrected chi connectivity index (χ2v) is 5.00. The van der Waals surface area contributed by atoms with Crippen molar-refractivity contribution in [1.29, 1.82) is 0 Å². The van der Waals surface area contributed by atoms with Gasteiger partial charge in [-0.2, -0.15) is 0 Å². The highest BCUT2D eigenvalue weighted by Crippen LogP contribution is 2.18. The Labute approximate surface area is 122 Å². The highest BCUT2D eigenvalue weighted by molar-refractivity contribution is 5.99. The number of hydrogen-bond donors (Lipinski definition) is 2. The molecule has 0 spiro atoms. The Morgan fingerprint density at radius 1 is 1.38 bits per heavy atom. The molecule has 2 N–H and O–H groups in total. The van der Waals surface area contributed by atoms with Gasteiger partial charge in [0.2, 0.25) is 5.91 Å². The van der Waals surface area contributed by atoms with E-state index in [1.54, 1.807) is 19.1 Å². The molecule has 6 nitrogen and oxygen atoms in total. The largest absolute Gasteiger partial charge is 0.480 e. The summed E-state index contributed by atoms with van der Waals surface area (Å²) in [5.74, 6) is -1.70. The zero-order valence-corrected chi connectivity index (χ0v) is 11.8. The van der Waals surface area contributed by atoms with Gasteiger partial charge in [0.15, 0.2) is 0 Å². The molecule has 1 unspecified atom stereocenters. The van der Waals surface area contributed by atoms with Gasteiger partial charge in [-0.3, -0.25) is 9.59 Å². The maximum atomic E-state index is 12.3. The molecule has 0 saturated carbocycles. The molecule has 1 aliphatic heterocycles. The molecule has 2 rings (SSSR count). The molecule has 0 bridgehead atoms. The van der Waals surface area contributed by atoms with Crippen molar-refractivity contribution >= 4 is 17.8 Å². The van der Waals surface area contributed by atoms with Crippen LogP contribution < -0.4 is 5.32 Å². The number of hydrogen-bond acceptors (Lipinski definition) is 3. The summed E-state index contributed by atoms with van der Waals surface area (Å²) in [5, 5.41) is 11.3. The van der Waals surface area contributed by atoms with Crippen molar-refractivity contribution in [2.75, 3.05) is 13.1 Å². The number of amides is 2. The number of carbonyl (C=O) groups is 3. The summed E-state index contributed by atoms with van der Waals surface area (Å²) >= 11 is 0. The van der Waals surface area contributed by atoms with E-state index in [1.165, 1.54) is 4.90 Å². The van der Waals surface area contributed by atoms with Crippen molar-refractivity contribution in [3.63, 3.8) is 0 Å². The van der Waals surface area contributed by atoms with Gasteiger partial charge in [-0.1, -0.05) is 25.1 Å². The lowest BCUT2D eigenvalue weighted by Crippen LogP contribution is -2.48. The highest BCUT2D eigenvalue weighted by Gasteiger charge is 2.26. The van der Waals surface area contributed by atoms with Gasteiger partial charge in [0.05, 0.1) is 6.54 Å². The summed E-state index contributed by atoms with van der Waals surface area (Å²) in [6, 6.07) is 6.41. The van der Waals surface area contributed by atoms with E-state index in [1.807, 2.05) is 12.1 Å². The zero-order chi connectivity index (χ0) is 15.4.